The lowest BCUT2D eigenvalue weighted by atomic mass is 9.86. The average molecular weight is 297 g/mol. The van der Waals surface area contributed by atoms with Gasteiger partial charge in [-0.05, 0) is 48.4 Å². The number of nitrogens with one attached hydrogen (secondary N) is 1. The zero-order valence-corrected chi connectivity index (χ0v) is 13.9. The van der Waals surface area contributed by atoms with E-state index in [0.717, 1.165) is 11.4 Å². The minimum absolute atomic E-state index is 0.0593. The molecule has 0 aliphatic heterocycles. The molecule has 1 unspecified atom stereocenters. The summed E-state index contributed by atoms with van der Waals surface area (Å²) in [5.41, 5.74) is 12.7. The monoisotopic (exact) mass is 297 g/mol. The van der Waals surface area contributed by atoms with E-state index in [9.17, 15) is 0 Å². The van der Waals surface area contributed by atoms with E-state index in [1.54, 1.807) is 0 Å². The lowest BCUT2D eigenvalue weighted by Crippen LogP contribution is -2.15. The second-order valence-electron chi connectivity index (χ2n) is 7.48. The van der Waals surface area contributed by atoms with Crippen LogP contribution in [-0.4, -0.2) is 16.7 Å². The zero-order valence-electron chi connectivity index (χ0n) is 13.9. The van der Waals surface area contributed by atoms with E-state index in [-0.39, 0.29) is 11.3 Å². The number of hydrogen-bond donors (Lipinski definition) is 2. The van der Waals surface area contributed by atoms with E-state index < -0.39 is 0 Å². The summed E-state index contributed by atoms with van der Waals surface area (Å²) in [5, 5.41) is 7.70. The number of hydrogen-bond acceptors (Lipinski definition) is 2. The van der Waals surface area contributed by atoms with E-state index in [4.69, 9.17) is 5.73 Å². The first-order valence-corrected chi connectivity index (χ1v) is 8.36. The maximum Gasteiger partial charge on any atom is 0.0678 e. The molecule has 3 heteroatoms. The van der Waals surface area contributed by atoms with Gasteiger partial charge in [-0.25, -0.2) is 0 Å². The molecule has 0 bridgehead atoms. The van der Waals surface area contributed by atoms with Crippen molar-refractivity contribution in [3.63, 3.8) is 0 Å². The minimum atomic E-state index is 0.0593. The molecule has 0 spiro atoms. The van der Waals surface area contributed by atoms with Gasteiger partial charge < -0.3 is 5.73 Å². The number of aromatic amines is 1. The zero-order chi connectivity index (χ0) is 15.7. The van der Waals surface area contributed by atoms with Crippen LogP contribution < -0.4 is 5.73 Å². The summed E-state index contributed by atoms with van der Waals surface area (Å²) < 4.78 is 0. The third-order valence-electron chi connectivity index (χ3n) is 4.75. The summed E-state index contributed by atoms with van der Waals surface area (Å²) in [6.45, 7) is 7.15. The Morgan fingerprint density at radius 3 is 2.50 bits per heavy atom. The molecule has 1 aliphatic rings. The van der Waals surface area contributed by atoms with Crippen LogP contribution in [0, 0.1) is 0 Å². The van der Waals surface area contributed by atoms with Crippen molar-refractivity contribution in [1.29, 1.82) is 0 Å². The summed E-state index contributed by atoms with van der Waals surface area (Å²) in [7, 11) is 0. The predicted molar refractivity (Wildman–Crippen MR) is 91.3 cm³/mol. The van der Waals surface area contributed by atoms with Crippen LogP contribution >= 0.6 is 0 Å². The Morgan fingerprint density at radius 2 is 1.86 bits per heavy atom. The molecular weight excluding hydrogens is 270 g/mol. The van der Waals surface area contributed by atoms with Crippen LogP contribution in [0.15, 0.2) is 24.3 Å². The first-order chi connectivity index (χ1) is 10.5. The molecule has 3 nitrogen and oxygen atoms in total. The number of aryl methyl sites for hydroxylation is 2. The Hall–Kier alpha value is -1.61. The SMILES string of the molecule is CC(C)(C)c1cc(C(CN)c2ccc3c(c2)CCCC3)[nH]n1. The third-order valence-corrected chi connectivity index (χ3v) is 4.75. The van der Waals surface area contributed by atoms with Gasteiger partial charge in [-0.1, -0.05) is 39.0 Å². The maximum absolute atomic E-state index is 6.08. The maximum atomic E-state index is 6.08. The van der Waals surface area contributed by atoms with E-state index >= 15 is 0 Å². The molecule has 1 heterocycles. The summed E-state index contributed by atoms with van der Waals surface area (Å²) >= 11 is 0. The largest absolute Gasteiger partial charge is 0.329 e. The van der Waals surface area contributed by atoms with E-state index in [0.29, 0.717) is 6.54 Å². The number of nitrogens with two attached hydrogens (primary N) is 1. The first-order valence-electron chi connectivity index (χ1n) is 8.36. The van der Waals surface area contributed by atoms with Gasteiger partial charge in [0, 0.05) is 23.6 Å². The minimum Gasteiger partial charge on any atom is -0.329 e. The third kappa shape index (κ3) is 2.95. The molecular formula is C19H27N3. The van der Waals surface area contributed by atoms with Crippen molar-refractivity contribution in [2.45, 2.75) is 57.8 Å². The Morgan fingerprint density at radius 1 is 1.14 bits per heavy atom. The lowest BCUT2D eigenvalue weighted by molar-refractivity contribution is 0.567. The summed E-state index contributed by atoms with van der Waals surface area (Å²) in [4.78, 5) is 0. The quantitative estimate of drug-likeness (QED) is 0.908. The second-order valence-corrected chi connectivity index (χ2v) is 7.48. The second kappa shape index (κ2) is 5.88. The summed E-state index contributed by atoms with van der Waals surface area (Å²) in [5.74, 6) is 0.204. The number of H-pyrrole nitrogens is 1. The molecule has 3 rings (SSSR count). The smallest absolute Gasteiger partial charge is 0.0678 e. The summed E-state index contributed by atoms with van der Waals surface area (Å²) in [6.07, 6.45) is 5.06. The number of nitrogens with zero attached hydrogens (tertiary/aromatic N) is 1. The standard InChI is InChI=1S/C19H27N3/c1-19(2,3)18-11-17(21-22-18)16(12-20)15-9-8-13-6-4-5-7-14(13)10-15/h8-11,16H,4-7,12,20H2,1-3H3,(H,21,22). The van der Waals surface area contributed by atoms with Gasteiger partial charge in [0.15, 0.2) is 0 Å². The number of fused-ring (bicyclic) bond motifs is 1. The molecule has 2 aromatic rings. The van der Waals surface area contributed by atoms with Gasteiger partial charge in [0.1, 0.15) is 0 Å². The van der Waals surface area contributed by atoms with Crippen LogP contribution in [-0.2, 0) is 18.3 Å². The van der Waals surface area contributed by atoms with Crippen molar-refractivity contribution >= 4 is 0 Å². The average Bonchev–Trinajstić information content (AvgIpc) is 2.98. The Kier molecular flexibility index (Phi) is 4.09. The first kappa shape index (κ1) is 15.3. The van der Waals surface area contributed by atoms with Gasteiger partial charge in [0.2, 0.25) is 0 Å². The van der Waals surface area contributed by atoms with Crippen molar-refractivity contribution in [3.8, 4) is 0 Å². The van der Waals surface area contributed by atoms with Crippen molar-refractivity contribution in [2.24, 2.45) is 5.73 Å². The molecule has 0 fully saturated rings. The number of benzene rings is 1. The van der Waals surface area contributed by atoms with Crippen molar-refractivity contribution in [2.75, 3.05) is 6.54 Å². The molecule has 1 atom stereocenters. The fourth-order valence-corrected chi connectivity index (χ4v) is 3.31. The van der Waals surface area contributed by atoms with Gasteiger partial charge in [-0.15, -0.1) is 0 Å². The molecule has 0 amide bonds. The number of aromatic nitrogens is 2. The van der Waals surface area contributed by atoms with Gasteiger partial charge in [-0.3, -0.25) is 5.10 Å². The molecule has 3 N–H and O–H groups in total. The fourth-order valence-electron chi connectivity index (χ4n) is 3.31. The fraction of sp³-hybridized carbons (Fsp3) is 0.526. The Balaban J connectivity index is 1.92. The highest BCUT2D eigenvalue weighted by atomic mass is 15.1. The molecule has 0 saturated carbocycles. The van der Waals surface area contributed by atoms with Crippen molar-refractivity contribution in [1.82, 2.24) is 10.2 Å². The van der Waals surface area contributed by atoms with Gasteiger partial charge in [-0.2, -0.15) is 5.10 Å². The molecule has 0 saturated heterocycles. The van der Waals surface area contributed by atoms with Gasteiger partial charge in [0.05, 0.1) is 5.69 Å². The van der Waals surface area contributed by atoms with E-state index in [1.165, 1.54) is 42.4 Å². The van der Waals surface area contributed by atoms with E-state index in [2.05, 4.69) is 55.2 Å². The molecule has 0 radical (unpaired) electrons. The van der Waals surface area contributed by atoms with Crippen LogP contribution in [0.1, 0.15) is 67.6 Å². The highest BCUT2D eigenvalue weighted by Crippen LogP contribution is 2.30. The normalized spacial score (nSPS) is 16.4. The Bertz CT molecular complexity index is 649. The molecule has 1 aliphatic carbocycles. The van der Waals surface area contributed by atoms with Gasteiger partial charge >= 0.3 is 0 Å². The highest BCUT2D eigenvalue weighted by molar-refractivity contribution is 5.39. The van der Waals surface area contributed by atoms with Crippen molar-refractivity contribution in [3.05, 3.63) is 52.3 Å². The predicted octanol–water partition coefficient (Wildman–Crippen LogP) is 3.68. The van der Waals surface area contributed by atoms with Crippen LogP contribution in [0.25, 0.3) is 0 Å². The molecule has 1 aromatic carbocycles. The van der Waals surface area contributed by atoms with Gasteiger partial charge in [0.25, 0.3) is 0 Å². The Labute approximate surface area is 133 Å². The molecule has 22 heavy (non-hydrogen) atoms. The summed E-state index contributed by atoms with van der Waals surface area (Å²) in [6, 6.07) is 9.09. The molecule has 1 aromatic heterocycles. The topological polar surface area (TPSA) is 54.7 Å². The van der Waals surface area contributed by atoms with Crippen molar-refractivity contribution < 1.29 is 0 Å². The lowest BCUT2D eigenvalue weighted by Gasteiger charge is -2.20. The molecule has 118 valence electrons. The highest BCUT2D eigenvalue weighted by Gasteiger charge is 2.22. The van der Waals surface area contributed by atoms with E-state index in [1.807, 2.05) is 0 Å². The van der Waals surface area contributed by atoms with Crippen LogP contribution in [0.5, 0.6) is 0 Å². The van der Waals surface area contributed by atoms with Crippen LogP contribution in [0.3, 0.4) is 0 Å². The van der Waals surface area contributed by atoms with Crippen LogP contribution in [0.4, 0.5) is 0 Å². The number of rotatable bonds is 3. The van der Waals surface area contributed by atoms with Crippen LogP contribution in [0.2, 0.25) is 0 Å².